The zero-order chi connectivity index (χ0) is 15.0. The molecule has 1 fully saturated rings. The second-order valence-electron chi connectivity index (χ2n) is 6.69. The molecule has 0 radical (unpaired) electrons. The summed E-state index contributed by atoms with van der Waals surface area (Å²) in [4.78, 5) is 0. The number of nitrogens with zero attached hydrogens (tertiary/aromatic N) is 1. The highest BCUT2D eigenvalue weighted by Gasteiger charge is 2.35. The van der Waals surface area contributed by atoms with Crippen LogP contribution in [0.25, 0.3) is 11.1 Å². The van der Waals surface area contributed by atoms with Crippen molar-refractivity contribution in [1.29, 1.82) is 0 Å². The van der Waals surface area contributed by atoms with Gasteiger partial charge in [-0.05, 0) is 43.4 Å². The lowest BCUT2D eigenvalue weighted by molar-refractivity contribution is 0.295. The SMILES string of the molecule is Cc1ccc(-c2c(C3(C)CCCCC3)noc2N)cc1C. The fourth-order valence-corrected chi connectivity index (χ4v) is 3.46. The molecule has 21 heavy (non-hydrogen) atoms. The van der Waals surface area contributed by atoms with Crippen LogP contribution in [0.2, 0.25) is 0 Å². The minimum Gasteiger partial charge on any atom is -0.367 e. The van der Waals surface area contributed by atoms with Crippen LogP contribution in [0, 0.1) is 13.8 Å². The summed E-state index contributed by atoms with van der Waals surface area (Å²) >= 11 is 0. The maximum absolute atomic E-state index is 6.10. The van der Waals surface area contributed by atoms with Gasteiger partial charge in [0.2, 0.25) is 5.88 Å². The van der Waals surface area contributed by atoms with Crippen molar-refractivity contribution in [2.24, 2.45) is 0 Å². The van der Waals surface area contributed by atoms with Gasteiger partial charge in [-0.25, -0.2) is 0 Å². The van der Waals surface area contributed by atoms with Crippen molar-refractivity contribution in [3.63, 3.8) is 0 Å². The predicted molar refractivity (Wildman–Crippen MR) is 86.3 cm³/mol. The number of hydrogen-bond donors (Lipinski definition) is 1. The minimum atomic E-state index is 0.0908. The van der Waals surface area contributed by atoms with Gasteiger partial charge in [-0.3, -0.25) is 0 Å². The van der Waals surface area contributed by atoms with E-state index >= 15 is 0 Å². The molecule has 3 heteroatoms. The van der Waals surface area contributed by atoms with Gasteiger partial charge in [-0.2, -0.15) is 0 Å². The second-order valence-corrected chi connectivity index (χ2v) is 6.69. The van der Waals surface area contributed by atoms with Crippen molar-refractivity contribution in [1.82, 2.24) is 5.16 Å². The Morgan fingerprint density at radius 2 is 1.81 bits per heavy atom. The molecule has 0 aliphatic heterocycles. The molecule has 1 heterocycles. The lowest BCUT2D eigenvalue weighted by Gasteiger charge is -2.32. The topological polar surface area (TPSA) is 52.0 Å². The number of benzene rings is 1. The van der Waals surface area contributed by atoms with Crippen molar-refractivity contribution in [3.05, 3.63) is 35.0 Å². The number of hydrogen-bond acceptors (Lipinski definition) is 3. The molecule has 112 valence electrons. The third-order valence-corrected chi connectivity index (χ3v) is 5.04. The summed E-state index contributed by atoms with van der Waals surface area (Å²) in [5, 5.41) is 4.34. The van der Waals surface area contributed by atoms with E-state index in [2.05, 4.69) is 44.1 Å². The van der Waals surface area contributed by atoms with Gasteiger partial charge in [0.1, 0.15) is 0 Å². The normalized spacial score (nSPS) is 17.9. The van der Waals surface area contributed by atoms with Gasteiger partial charge < -0.3 is 10.3 Å². The smallest absolute Gasteiger partial charge is 0.230 e. The fourth-order valence-electron chi connectivity index (χ4n) is 3.46. The molecule has 3 rings (SSSR count). The standard InChI is InChI=1S/C18H24N2O/c1-12-7-8-14(11-13(12)2)15-16(20-21-17(15)19)18(3)9-5-4-6-10-18/h7-8,11H,4-6,9-10,19H2,1-3H3. The van der Waals surface area contributed by atoms with E-state index in [0.29, 0.717) is 5.88 Å². The van der Waals surface area contributed by atoms with E-state index in [0.717, 1.165) is 29.7 Å². The Labute approximate surface area is 126 Å². The molecule has 0 atom stereocenters. The molecule has 0 amide bonds. The van der Waals surface area contributed by atoms with Gasteiger partial charge >= 0.3 is 0 Å². The summed E-state index contributed by atoms with van der Waals surface area (Å²) in [6.07, 6.45) is 6.17. The molecular weight excluding hydrogens is 260 g/mol. The Morgan fingerprint density at radius 1 is 1.10 bits per heavy atom. The highest BCUT2D eigenvalue weighted by atomic mass is 16.5. The Morgan fingerprint density at radius 3 is 2.48 bits per heavy atom. The van der Waals surface area contributed by atoms with Crippen LogP contribution in [0.1, 0.15) is 55.8 Å². The zero-order valence-corrected chi connectivity index (χ0v) is 13.2. The Bertz CT molecular complexity index is 651. The third-order valence-electron chi connectivity index (χ3n) is 5.04. The van der Waals surface area contributed by atoms with Crippen LogP contribution in [0.4, 0.5) is 5.88 Å². The Hall–Kier alpha value is -1.77. The summed E-state index contributed by atoms with van der Waals surface area (Å²) in [6.45, 7) is 6.55. The van der Waals surface area contributed by atoms with E-state index in [1.807, 2.05) is 0 Å². The first-order chi connectivity index (χ1) is 10.0. The molecule has 1 aromatic carbocycles. The molecule has 0 unspecified atom stereocenters. The Balaban J connectivity index is 2.10. The van der Waals surface area contributed by atoms with Gasteiger partial charge in [0.05, 0.1) is 11.3 Å². The average molecular weight is 284 g/mol. The van der Waals surface area contributed by atoms with E-state index in [1.165, 1.54) is 30.4 Å². The molecule has 2 N–H and O–H groups in total. The number of rotatable bonds is 2. The molecule has 1 aliphatic carbocycles. The van der Waals surface area contributed by atoms with Crippen molar-refractivity contribution in [2.45, 2.75) is 58.3 Å². The minimum absolute atomic E-state index is 0.0908. The summed E-state index contributed by atoms with van der Waals surface area (Å²) in [5.41, 5.74) is 11.9. The second kappa shape index (κ2) is 5.21. The number of nitrogens with two attached hydrogens (primary N) is 1. The molecule has 1 aliphatic rings. The van der Waals surface area contributed by atoms with Crippen molar-refractivity contribution in [2.75, 3.05) is 5.73 Å². The molecule has 2 aromatic rings. The number of aromatic nitrogens is 1. The van der Waals surface area contributed by atoms with Crippen LogP contribution >= 0.6 is 0 Å². The van der Waals surface area contributed by atoms with Gasteiger partial charge in [-0.15, -0.1) is 0 Å². The van der Waals surface area contributed by atoms with Crippen molar-refractivity contribution >= 4 is 5.88 Å². The van der Waals surface area contributed by atoms with Gasteiger partial charge in [0.25, 0.3) is 0 Å². The van der Waals surface area contributed by atoms with Gasteiger partial charge in [0, 0.05) is 5.41 Å². The van der Waals surface area contributed by atoms with E-state index in [-0.39, 0.29) is 5.41 Å². The average Bonchev–Trinajstić information content (AvgIpc) is 2.85. The number of anilines is 1. The van der Waals surface area contributed by atoms with Crippen LogP contribution in [0.3, 0.4) is 0 Å². The molecular formula is C18H24N2O. The summed E-state index contributed by atoms with van der Waals surface area (Å²) in [7, 11) is 0. The first-order valence-corrected chi connectivity index (χ1v) is 7.84. The lowest BCUT2D eigenvalue weighted by atomic mass is 9.72. The third kappa shape index (κ3) is 2.45. The van der Waals surface area contributed by atoms with Crippen molar-refractivity contribution in [3.8, 4) is 11.1 Å². The summed E-state index contributed by atoms with van der Waals surface area (Å²) in [5.74, 6) is 0.444. The first kappa shape index (κ1) is 14.2. The quantitative estimate of drug-likeness (QED) is 0.864. The molecule has 1 saturated carbocycles. The lowest BCUT2D eigenvalue weighted by Crippen LogP contribution is -2.26. The number of aryl methyl sites for hydroxylation is 2. The summed E-state index contributed by atoms with van der Waals surface area (Å²) < 4.78 is 5.37. The van der Waals surface area contributed by atoms with Crippen LogP contribution in [0.5, 0.6) is 0 Å². The van der Waals surface area contributed by atoms with Crippen LogP contribution in [0.15, 0.2) is 22.7 Å². The van der Waals surface area contributed by atoms with Crippen LogP contribution in [-0.2, 0) is 5.41 Å². The molecule has 0 spiro atoms. The molecule has 0 bridgehead atoms. The highest BCUT2D eigenvalue weighted by Crippen LogP contribution is 2.44. The highest BCUT2D eigenvalue weighted by molar-refractivity contribution is 5.76. The summed E-state index contributed by atoms with van der Waals surface area (Å²) in [6, 6.07) is 6.46. The molecule has 3 nitrogen and oxygen atoms in total. The first-order valence-electron chi connectivity index (χ1n) is 7.84. The van der Waals surface area contributed by atoms with E-state index in [9.17, 15) is 0 Å². The van der Waals surface area contributed by atoms with Crippen LogP contribution in [-0.4, -0.2) is 5.16 Å². The fraction of sp³-hybridized carbons (Fsp3) is 0.500. The zero-order valence-electron chi connectivity index (χ0n) is 13.2. The largest absolute Gasteiger partial charge is 0.367 e. The van der Waals surface area contributed by atoms with E-state index < -0.39 is 0 Å². The molecule has 1 aromatic heterocycles. The monoisotopic (exact) mass is 284 g/mol. The predicted octanol–water partition coefficient (Wildman–Crippen LogP) is 4.76. The Kier molecular flexibility index (Phi) is 3.52. The maximum atomic E-state index is 6.10. The maximum Gasteiger partial charge on any atom is 0.230 e. The van der Waals surface area contributed by atoms with Gasteiger partial charge in [0.15, 0.2) is 0 Å². The van der Waals surface area contributed by atoms with E-state index in [1.54, 1.807) is 0 Å². The van der Waals surface area contributed by atoms with Crippen molar-refractivity contribution < 1.29 is 4.52 Å². The molecule has 0 saturated heterocycles. The van der Waals surface area contributed by atoms with Gasteiger partial charge in [-0.1, -0.05) is 49.5 Å². The number of nitrogen functional groups attached to an aromatic ring is 1. The van der Waals surface area contributed by atoms with E-state index in [4.69, 9.17) is 10.3 Å². The van der Waals surface area contributed by atoms with Crippen LogP contribution < -0.4 is 5.73 Å².